The first-order chi connectivity index (χ1) is 23.4. The molecule has 0 aliphatic heterocycles. The van der Waals surface area contributed by atoms with E-state index in [4.69, 9.17) is 24.3 Å². The molecule has 0 aliphatic carbocycles. The minimum atomic E-state index is -3.69. The number of aliphatic hydroxyl groups is 1. The summed E-state index contributed by atoms with van der Waals surface area (Å²) in [5, 5.41) is 10.0. The molecule has 3 atom stereocenters. The molecule has 0 aliphatic rings. The summed E-state index contributed by atoms with van der Waals surface area (Å²) in [6.07, 6.45) is 21.7. The van der Waals surface area contributed by atoms with Gasteiger partial charge in [-0.1, -0.05) is 127 Å². The first-order valence-corrected chi connectivity index (χ1v) is 19.8. The molecular weight excluding hydrogens is 629 g/mol. The van der Waals surface area contributed by atoms with Crippen LogP contribution in [0.4, 0.5) is 5.82 Å². The fourth-order valence-electron chi connectivity index (χ4n) is 5.61. The predicted octanol–water partition coefficient (Wildman–Crippen LogP) is 8.45. The lowest BCUT2D eigenvalue weighted by atomic mass is 10.0. The number of imidazole rings is 1. The number of ether oxygens (including phenoxy) is 2. The quantitative estimate of drug-likeness (QED) is 0.0538. The third-order valence-corrected chi connectivity index (χ3v) is 10.1. The summed E-state index contributed by atoms with van der Waals surface area (Å²) in [7, 11) is -3.69. The molecule has 0 bridgehead atoms. The van der Waals surface area contributed by atoms with Gasteiger partial charge in [-0.25, -0.2) is 15.0 Å². The van der Waals surface area contributed by atoms with Crippen LogP contribution in [0.2, 0.25) is 0 Å². The first kappa shape index (κ1) is 40.0. The fourth-order valence-corrected chi connectivity index (χ4v) is 6.92. The van der Waals surface area contributed by atoms with Crippen molar-refractivity contribution in [1.82, 2.24) is 19.5 Å². The van der Waals surface area contributed by atoms with Crippen LogP contribution in [0.15, 0.2) is 43.0 Å². The number of nitrogens with zero attached hydrogens (tertiary/aromatic N) is 4. The Hall–Kier alpha value is -2.40. The van der Waals surface area contributed by atoms with Crippen molar-refractivity contribution in [2.45, 2.75) is 136 Å². The molecule has 0 fully saturated rings. The smallest absolute Gasteiger partial charge is 0.356 e. The van der Waals surface area contributed by atoms with Crippen molar-refractivity contribution in [2.24, 2.45) is 0 Å². The average molecular weight is 690 g/mol. The van der Waals surface area contributed by atoms with Gasteiger partial charge in [-0.05, 0) is 18.9 Å². The van der Waals surface area contributed by atoms with E-state index < -0.39 is 13.7 Å². The van der Waals surface area contributed by atoms with Crippen molar-refractivity contribution in [3.8, 4) is 0 Å². The maximum atomic E-state index is 13.8. The van der Waals surface area contributed by atoms with E-state index in [0.717, 1.165) is 18.4 Å². The van der Waals surface area contributed by atoms with Gasteiger partial charge in [0.2, 0.25) is 0 Å². The van der Waals surface area contributed by atoms with Gasteiger partial charge in [-0.3, -0.25) is 4.57 Å². The lowest BCUT2D eigenvalue weighted by molar-refractivity contribution is 0.00755. The number of rotatable bonds is 29. The number of unbranched alkanes of at least 4 members (excludes halogenated alkanes) is 13. The number of anilines is 1. The Morgan fingerprint density at radius 3 is 2.12 bits per heavy atom. The number of nitrogen functional groups attached to an aromatic ring is 1. The van der Waals surface area contributed by atoms with Crippen LogP contribution in [-0.4, -0.2) is 63.0 Å². The fraction of sp³-hybridized carbons (Fsp3) is 0.694. The monoisotopic (exact) mass is 689 g/mol. The van der Waals surface area contributed by atoms with Gasteiger partial charge in [-0.2, -0.15) is 0 Å². The second-order valence-electron chi connectivity index (χ2n) is 12.7. The lowest BCUT2D eigenvalue weighted by Gasteiger charge is -2.22. The van der Waals surface area contributed by atoms with Crippen molar-refractivity contribution < 1.29 is 28.2 Å². The Bertz CT molecular complexity index is 1300. The summed E-state index contributed by atoms with van der Waals surface area (Å²) in [5.41, 5.74) is 7.74. The van der Waals surface area contributed by atoms with Crippen molar-refractivity contribution in [3.05, 3.63) is 48.5 Å². The molecule has 12 heteroatoms. The molecule has 0 amide bonds. The number of nitrogens with two attached hydrogens (primary N) is 1. The van der Waals surface area contributed by atoms with Gasteiger partial charge < -0.3 is 33.9 Å². The molecule has 0 radical (unpaired) electrons. The molecule has 0 spiro atoms. The third kappa shape index (κ3) is 15.9. The van der Waals surface area contributed by atoms with Crippen molar-refractivity contribution in [1.29, 1.82) is 0 Å². The zero-order chi connectivity index (χ0) is 34.3. The Morgan fingerprint density at radius 2 is 1.48 bits per heavy atom. The first-order valence-electron chi connectivity index (χ1n) is 18.1. The number of benzene rings is 1. The van der Waals surface area contributed by atoms with Crippen molar-refractivity contribution in [2.75, 3.05) is 31.9 Å². The van der Waals surface area contributed by atoms with Gasteiger partial charge in [0, 0.05) is 0 Å². The zero-order valence-electron chi connectivity index (χ0n) is 29.3. The Morgan fingerprint density at radius 1 is 0.833 bits per heavy atom. The number of hydrogen-bond acceptors (Lipinski definition) is 10. The number of hydrogen-bond donors (Lipinski definition) is 2. The molecule has 1 unspecified atom stereocenters. The number of fused-ring (bicyclic) bond motifs is 1. The van der Waals surface area contributed by atoms with E-state index in [2.05, 4.69) is 28.8 Å². The largest absolute Gasteiger partial charge is 0.394 e. The van der Waals surface area contributed by atoms with Gasteiger partial charge in [-0.15, -0.1) is 0 Å². The summed E-state index contributed by atoms with van der Waals surface area (Å²) in [4.78, 5) is 12.4. The number of aromatic nitrogens is 4. The molecule has 1 aromatic carbocycles. The molecular formula is C36H60N5O6P. The van der Waals surface area contributed by atoms with Crippen LogP contribution in [0.5, 0.6) is 0 Å². The van der Waals surface area contributed by atoms with Crippen LogP contribution < -0.4 is 5.73 Å². The summed E-state index contributed by atoms with van der Waals surface area (Å²) in [6, 6.07) is 9.47. The molecule has 0 saturated carbocycles. The minimum absolute atomic E-state index is 0.0911. The van der Waals surface area contributed by atoms with E-state index >= 15 is 0 Å². The number of aliphatic hydroxyl groups excluding tert-OH is 1. The van der Waals surface area contributed by atoms with E-state index in [9.17, 15) is 9.67 Å². The lowest BCUT2D eigenvalue weighted by Crippen LogP contribution is -2.25. The van der Waals surface area contributed by atoms with Crippen LogP contribution in [-0.2, 0) is 36.2 Å². The molecule has 48 heavy (non-hydrogen) atoms. The molecule has 3 aromatic rings. The van der Waals surface area contributed by atoms with Crippen molar-refractivity contribution >= 4 is 24.6 Å². The molecule has 2 aromatic heterocycles. The summed E-state index contributed by atoms with van der Waals surface area (Å²) in [6.45, 7) is 4.73. The van der Waals surface area contributed by atoms with Gasteiger partial charge in [0.15, 0.2) is 11.5 Å². The minimum Gasteiger partial charge on any atom is -0.394 e. The van der Waals surface area contributed by atoms with Gasteiger partial charge in [0.1, 0.15) is 18.2 Å². The maximum absolute atomic E-state index is 13.8. The summed E-state index contributed by atoms with van der Waals surface area (Å²) >= 11 is 0. The van der Waals surface area contributed by atoms with Crippen molar-refractivity contribution in [3.63, 3.8) is 0 Å². The Balaban J connectivity index is 1.33. The standard InChI is InChI=1S/C36H60N5O6P/c1-3-4-5-6-7-8-9-10-11-12-13-14-15-17-20-31(2)44-23-24-46-48(43,47-27-32-21-18-16-19-22-32)30-45-33(26-42)25-41-29-40-34-35(37)38-28-39-36(34)41/h16,18-19,21-22,28-29,31,33,42H,3-15,17,20,23-27,30H2,1-2H3,(H2,37,38,39)/t31?,33-,48-/m1/s1. The second kappa shape index (κ2) is 23.9. The van der Waals surface area contributed by atoms with Crippen LogP contribution >= 0.6 is 7.60 Å². The van der Waals surface area contributed by atoms with Gasteiger partial charge in [0.05, 0.1) is 51.5 Å². The summed E-state index contributed by atoms with van der Waals surface area (Å²) < 4.78 is 38.9. The summed E-state index contributed by atoms with van der Waals surface area (Å²) in [5.74, 6) is 0.267. The van der Waals surface area contributed by atoms with E-state index in [-0.39, 0.29) is 44.6 Å². The highest BCUT2D eigenvalue weighted by molar-refractivity contribution is 7.53. The van der Waals surface area contributed by atoms with Crippen LogP contribution in [0.1, 0.15) is 116 Å². The Labute approximate surface area is 287 Å². The van der Waals surface area contributed by atoms with Crippen LogP contribution in [0.3, 0.4) is 0 Å². The van der Waals surface area contributed by atoms with Gasteiger partial charge in [0.25, 0.3) is 0 Å². The maximum Gasteiger partial charge on any atom is 0.356 e. The highest BCUT2D eigenvalue weighted by Gasteiger charge is 2.28. The Kier molecular flexibility index (Phi) is 19.9. The molecule has 270 valence electrons. The molecule has 3 N–H and O–H groups in total. The average Bonchev–Trinajstić information content (AvgIpc) is 3.52. The van der Waals surface area contributed by atoms with Crippen LogP contribution in [0.25, 0.3) is 11.2 Å². The molecule has 3 rings (SSSR count). The van der Waals surface area contributed by atoms with E-state index in [0.29, 0.717) is 17.8 Å². The SMILES string of the molecule is CCCCCCCCCCCCCCCCC(C)OCCO[P@](=O)(CO[C@@H](CO)Cn1cnc2c(N)ncnc21)OCc1ccccc1. The zero-order valence-corrected chi connectivity index (χ0v) is 30.2. The third-order valence-electron chi connectivity index (χ3n) is 8.51. The highest BCUT2D eigenvalue weighted by Crippen LogP contribution is 2.49. The highest BCUT2D eigenvalue weighted by atomic mass is 31.2. The molecule has 2 heterocycles. The van der Waals surface area contributed by atoms with E-state index in [1.54, 1.807) is 10.9 Å². The molecule has 11 nitrogen and oxygen atoms in total. The second-order valence-corrected chi connectivity index (χ2v) is 14.7. The normalized spacial score (nSPS) is 14.3. The van der Waals surface area contributed by atoms with E-state index in [1.807, 2.05) is 30.3 Å². The van der Waals surface area contributed by atoms with E-state index in [1.165, 1.54) is 89.8 Å². The van der Waals surface area contributed by atoms with Crippen LogP contribution in [0, 0.1) is 0 Å². The predicted molar refractivity (Wildman–Crippen MR) is 192 cm³/mol. The topological polar surface area (TPSA) is 144 Å². The molecule has 0 saturated heterocycles. The van der Waals surface area contributed by atoms with Gasteiger partial charge >= 0.3 is 7.60 Å².